The van der Waals surface area contributed by atoms with Crippen molar-refractivity contribution < 1.29 is 5.11 Å². The first kappa shape index (κ1) is 9.51. The van der Waals surface area contributed by atoms with Crippen LogP contribution < -0.4 is 0 Å². The Morgan fingerprint density at radius 2 is 1.62 bits per heavy atom. The third-order valence-electron chi connectivity index (χ3n) is 4.48. The van der Waals surface area contributed by atoms with E-state index in [1.165, 1.54) is 25.7 Å². The van der Waals surface area contributed by atoms with E-state index in [0.717, 1.165) is 12.8 Å². The van der Waals surface area contributed by atoms with Crippen molar-refractivity contribution in [3.05, 3.63) is 0 Å². The van der Waals surface area contributed by atoms with Crippen LogP contribution in [0.25, 0.3) is 0 Å². The Morgan fingerprint density at radius 3 is 2.00 bits per heavy atom. The van der Waals surface area contributed by atoms with E-state index in [1.807, 2.05) is 0 Å². The number of hydrogen-bond acceptors (Lipinski definition) is 1. The maximum atomic E-state index is 10.5. The summed E-state index contributed by atoms with van der Waals surface area (Å²) in [5, 5.41) is 10.5. The third-order valence-corrected chi connectivity index (χ3v) is 4.48. The van der Waals surface area contributed by atoms with Crippen LogP contribution in [0, 0.1) is 17.8 Å². The molecule has 1 nitrogen and oxygen atoms in total. The van der Waals surface area contributed by atoms with Gasteiger partial charge in [0.05, 0.1) is 5.60 Å². The molecular weight excluding hydrogens is 160 g/mol. The van der Waals surface area contributed by atoms with Crippen LogP contribution in [0.3, 0.4) is 0 Å². The molecule has 2 rings (SSSR count). The lowest BCUT2D eigenvalue weighted by Gasteiger charge is -2.21. The fourth-order valence-corrected chi connectivity index (χ4v) is 3.69. The van der Waals surface area contributed by atoms with E-state index >= 15 is 0 Å². The summed E-state index contributed by atoms with van der Waals surface area (Å²) < 4.78 is 0. The molecule has 0 radical (unpaired) electrons. The van der Waals surface area contributed by atoms with E-state index in [0.29, 0.717) is 17.8 Å². The van der Waals surface area contributed by atoms with Crippen molar-refractivity contribution in [2.24, 2.45) is 17.8 Å². The molecule has 1 heteroatoms. The molecule has 2 fully saturated rings. The van der Waals surface area contributed by atoms with Gasteiger partial charge in [0, 0.05) is 0 Å². The van der Waals surface area contributed by atoms with Gasteiger partial charge in [-0.1, -0.05) is 39.5 Å². The summed E-state index contributed by atoms with van der Waals surface area (Å²) in [5.74, 6) is 1.91. The number of rotatable bonds is 3. The van der Waals surface area contributed by atoms with E-state index in [9.17, 15) is 5.11 Å². The van der Waals surface area contributed by atoms with Crippen LogP contribution in [0.4, 0.5) is 0 Å². The molecule has 2 atom stereocenters. The molecule has 0 amide bonds. The van der Waals surface area contributed by atoms with Crippen LogP contribution in [0.1, 0.15) is 52.4 Å². The standard InChI is InChI=1S/C12H22O/c1-3-9(4-2)12(13)10-7-5-6-8-11(10)12/h9-11,13H,3-8H2,1-2H3. The topological polar surface area (TPSA) is 20.2 Å². The normalized spacial score (nSPS) is 43.4. The minimum atomic E-state index is -0.236. The summed E-state index contributed by atoms with van der Waals surface area (Å²) in [4.78, 5) is 0. The molecule has 13 heavy (non-hydrogen) atoms. The van der Waals surface area contributed by atoms with E-state index in [4.69, 9.17) is 0 Å². The zero-order valence-electron chi connectivity index (χ0n) is 8.92. The first-order valence-corrected chi connectivity index (χ1v) is 5.97. The smallest absolute Gasteiger partial charge is 0.0739 e. The molecule has 0 spiro atoms. The van der Waals surface area contributed by atoms with Gasteiger partial charge in [-0.15, -0.1) is 0 Å². The van der Waals surface area contributed by atoms with Crippen molar-refractivity contribution in [1.82, 2.24) is 0 Å². The van der Waals surface area contributed by atoms with Gasteiger partial charge in [0.15, 0.2) is 0 Å². The highest BCUT2D eigenvalue weighted by Crippen LogP contribution is 2.63. The number of hydrogen-bond donors (Lipinski definition) is 1. The zero-order valence-corrected chi connectivity index (χ0v) is 8.92. The fraction of sp³-hybridized carbons (Fsp3) is 1.00. The van der Waals surface area contributed by atoms with E-state index in [-0.39, 0.29) is 5.60 Å². The first-order chi connectivity index (χ1) is 6.25. The molecule has 76 valence electrons. The summed E-state index contributed by atoms with van der Waals surface area (Å²) in [5.41, 5.74) is -0.236. The van der Waals surface area contributed by atoms with E-state index < -0.39 is 0 Å². The molecule has 2 saturated carbocycles. The molecule has 2 aliphatic carbocycles. The van der Waals surface area contributed by atoms with Gasteiger partial charge in [-0.3, -0.25) is 0 Å². The maximum Gasteiger partial charge on any atom is 0.0739 e. The SMILES string of the molecule is CCC(CC)C1(O)C2CCCCC21. The predicted octanol–water partition coefficient (Wildman–Crippen LogP) is 2.97. The molecule has 0 saturated heterocycles. The summed E-state index contributed by atoms with van der Waals surface area (Å²) in [6.07, 6.45) is 7.59. The molecule has 0 aromatic carbocycles. The lowest BCUT2D eigenvalue weighted by molar-refractivity contribution is 0.0490. The monoisotopic (exact) mass is 182 g/mol. The highest BCUT2D eigenvalue weighted by Gasteiger charge is 2.65. The Morgan fingerprint density at radius 1 is 1.15 bits per heavy atom. The van der Waals surface area contributed by atoms with Crippen molar-refractivity contribution >= 4 is 0 Å². The minimum absolute atomic E-state index is 0.236. The first-order valence-electron chi connectivity index (χ1n) is 5.97. The van der Waals surface area contributed by atoms with Gasteiger partial charge in [0.2, 0.25) is 0 Å². The second-order valence-corrected chi connectivity index (χ2v) is 4.90. The third kappa shape index (κ3) is 1.24. The molecule has 0 aromatic rings. The molecule has 0 aliphatic heterocycles. The molecule has 2 unspecified atom stereocenters. The highest BCUT2D eigenvalue weighted by atomic mass is 16.3. The Labute approximate surface area is 81.5 Å². The summed E-state index contributed by atoms with van der Waals surface area (Å²) >= 11 is 0. The van der Waals surface area contributed by atoms with Gasteiger partial charge in [0.25, 0.3) is 0 Å². The average Bonchev–Trinajstić information content (AvgIpc) is 2.77. The molecule has 0 bridgehead atoms. The zero-order chi connectivity index (χ0) is 9.47. The fourth-order valence-electron chi connectivity index (χ4n) is 3.69. The summed E-state index contributed by atoms with van der Waals surface area (Å²) in [6.45, 7) is 4.44. The minimum Gasteiger partial charge on any atom is -0.389 e. The molecule has 1 N–H and O–H groups in total. The van der Waals surface area contributed by atoms with Gasteiger partial charge < -0.3 is 5.11 Å². The van der Waals surface area contributed by atoms with Crippen molar-refractivity contribution in [2.75, 3.05) is 0 Å². The highest BCUT2D eigenvalue weighted by molar-refractivity contribution is 5.15. The van der Waals surface area contributed by atoms with Gasteiger partial charge >= 0.3 is 0 Å². The van der Waals surface area contributed by atoms with E-state index in [2.05, 4.69) is 13.8 Å². The lowest BCUT2D eigenvalue weighted by Crippen LogP contribution is -2.25. The van der Waals surface area contributed by atoms with Crippen molar-refractivity contribution in [3.63, 3.8) is 0 Å². The number of fused-ring (bicyclic) bond motifs is 1. The van der Waals surface area contributed by atoms with E-state index in [1.54, 1.807) is 0 Å². The Balaban J connectivity index is 2.05. The average molecular weight is 182 g/mol. The molecular formula is C12H22O. The Bertz CT molecular complexity index is 172. The van der Waals surface area contributed by atoms with Crippen molar-refractivity contribution in [2.45, 2.75) is 58.0 Å². The van der Waals surface area contributed by atoms with Gasteiger partial charge in [-0.05, 0) is 30.6 Å². The van der Waals surface area contributed by atoms with Crippen LogP contribution in [-0.2, 0) is 0 Å². The van der Waals surface area contributed by atoms with Crippen LogP contribution in [0.15, 0.2) is 0 Å². The Hall–Kier alpha value is -0.0400. The summed E-state index contributed by atoms with van der Waals surface area (Å²) in [7, 11) is 0. The van der Waals surface area contributed by atoms with Crippen LogP contribution in [0.2, 0.25) is 0 Å². The van der Waals surface area contributed by atoms with Crippen molar-refractivity contribution in [1.29, 1.82) is 0 Å². The summed E-state index contributed by atoms with van der Waals surface area (Å²) in [6, 6.07) is 0. The lowest BCUT2D eigenvalue weighted by atomic mass is 9.91. The molecule has 0 heterocycles. The quantitative estimate of drug-likeness (QED) is 0.711. The largest absolute Gasteiger partial charge is 0.389 e. The molecule has 0 aromatic heterocycles. The van der Waals surface area contributed by atoms with Gasteiger partial charge in [-0.2, -0.15) is 0 Å². The van der Waals surface area contributed by atoms with Crippen LogP contribution >= 0.6 is 0 Å². The van der Waals surface area contributed by atoms with Gasteiger partial charge in [-0.25, -0.2) is 0 Å². The van der Waals surface area contributed by atoms with Crippen molar-refractivity contribution in [3.8, 4) is 0 Å². The maximum absolute atomic E-state index is 10.5. The second kappa shape index (κ2) is 3.27. The van der Waals surface area contributed by atoms with Gasteiger partial charge in [0.1, 0.15) is 0 Å². The Kier molecular flexibility index (Phi) is 2.39. The second-order valence-electron chi connectivity index (χ2n) is 4.90. The molecule has 2 aliphatic rings. The van der Waals surface area contributed by atoms with Crippen LogP contribution in [-0.4, -0.2) is 10.7 Å². The predicted molar refractivity (Wildman–Crippen MR) is 54.5 cm³/mol. The number of aliphatic hydroxyl groups is 1. The van der Waals surface area contributed by atoms with Crippen LogP contribution in [0.5, 0.6) is 0 Å².